The Bertz CT molecular complexity index is 1320. The van der Waals surface area contributed by atoms with Crippen molar-refractivity contribution >= 4 is 34.5 Å². The summed E-state index contributed by atoms with van der Waals surface area (Å²) in [4.78, 5) is 29.8. The van der Waals surface area contributed by atoms with Crippen molar-refractivity contribution in [2.45, 2.75) is 16.9 Å². The fourth-order valence-corrected chi connectivity index (χ4v) is 3.97. The van der Waals surface area contributed by atoms with Crippen LogP contribution in [-0.4, -0.2) is 33.4 Å². The molecule has 11 heteroatoms. The molecule has 0 spiro atoms. The summed E-state index contributed by atoms with van der Waals surface area (Å²) in [6.07, 6.45) is 1.58. The molecule has 1 aromatic carbocycles. The van der Waals surface area contributed by atoms with Gasteiger partial charge in [-0.15, -0.1) is 10.2 Å². The van der Waals surface area contributed by atoms with Gasteiger partial charge in [0.2, 0.25) is 0 Å². The Morgan fingerprint density at radius 1 is 1.11 bits per heavy atom. The molecule has 3 aromatic heterocycles. The Hall–Kier alpha value is -2.85. The summed E-state index contributed by atoms with van der Waals surface area (Å²) in [5.41, 5.74) is 0.731. The summed E-state index contributed by atoms with van der Waals surface area (Å²) in [6.45, 7) is 0.366. The van der Waals surface area contributed by atoms with Crippen molar-refractivity contribution in [2.24, 2.45) is 21.1 Å². The van der Waals surface area contributed by atoms with Crippen LogP contribution in [0.3, 0.4) is 0 Å². The number of benzene rings is 1. The number of fused-ring (bicyclic) bond motifs is 1. The third-order valence-electron chi connectivity index (χ3n) is 4.40. The van der Waals surface area contributed by atoms with Crippen molar-refractivity contribution in [2.75, 3.05) is 0 Å². The first-order valence-electron chi connectivity index (χ1n) is 8.29. The van der Waals surface area contributed by atoms with E-state index in [1.165, 1.54) is 23.4 Å². The van der Waals surface area contributed by atoms with Crippen LogP contribution in [0.5, 0.6) is 0 Å². The molecule has 0 saturated heterocycles. The molecular formula is C17H16ClN7O2S. The fourth-order valence-electron chi connectivity index (χ4n) is 2.92. The van der Waals surface area contributed by atoms with E-state index in [1.807, 2.05) is 25.2 Å². The molecule has 0 aliphatic rings. The number of aryl methyl sites for hydroxylation is 2. The van der Waals surface area contributed by atoms with Gasteiger partial charge in [-0.3, -0.25) is 13.9 Å². The van der Waals surface area contributed by atoms with Crippen LogP contribution in [0.25, 0.3) is 11.2 Å². The minimum Gasteiger partial charge on any atom is -0.311 e. The van der Waals surface area contributed by atoms with Crippen molar-refractivity contribution < 1.29 is 0 Å². The van der Waals surface area contributed by atoms with Crippen LogP contribution < -0.4 is 11.2 Å². The molecule has 0 saturated carbocycles. The molecule has 9 nitrogen and oxygen atoms in total. The van der Waals surface area contributed by atoms with E-state index in [9.17, 15) is 9.59 Å². The van der Waals surface area contributed by atoms with E-state index in [-0.39, 0.29) is 0 Å². The van der Waals surface area contributed by atoms with E-state index in [2.05, 4.69) is 15.2 Å². The average Bonchev–Trinajstić information content (AvgIpc) is 3.23. The highest BCUT2D eigenvalue weighted by Gasteiger charge is 2.21. The van der Waals surface area contributed by atoms with Gasteiger partial charge in [-0.25, -0.2) is 9.78 Å². The first-order chi connectivity index (χ1) is 13.4. The molecule has 0 bridgehead atoms. The SMILES string of the molecule is Cn1cnnc1Sc1nc2c(c(=O)n(C)c(=O)n2C)n1Cc1cccc(Cl)c1. The van der Waals surface area contributed by atoms with Crippen LogP contribution in [0.2, 0.25) is 5.02 Å². The zero-order valence-corrected chi connectivity index (χ0v) is 16.9. The molecule has 0 atom stereocenters. The third kappa shape index (κ3) is 3.04. The number of halogens is 1. The van der Waals surface area contributed by atoms with Gasteiger partial charge in [0.15, 0.2) is 21.5 Å². The lowest BCUT2D eigenvalue weighted by Gasteiger charge is -2.09. The Labute approximate surface area is 168 Å². The van der Waals surface area contributed by atoms with Crippen molar-refractivity contribution in [3.63, 3.8) is 0 Å². The second kappa shape index (κ2) is 6.95. The van der Waals surface area contributed by atoms with Crippen LogP contribution in [-0.2, 0) is 27.7 Å². The highest BCUT2D eigenvalue weighted by molar-refractivity contribution is 7.99. The van der Waals surface area contributed by atoms with E-state index in [0.717, 1.165) is 10.1 Å². The van der Waals surface area contributed by atoms with Gasteiger partial charge in [-0.2, -0.15) is 0 Å². The van der Waals surface area contributed by atoms with Gasteiger partial charge < -0.3 is 9.13 Å². The first kappa shape index (κ1) is 18.5. The molecule has 0 amide bonds. The number of rotatable bonds is 4. The summed E-state index contributed by atoms with van der Waals surface area (Å²) < 4.78 is 5.98. The molecule has 0 aliphatic carbocycles. The van der Waals surface area contributed by atoms with E-state index in [4.69, 9.17) is 11.6 Å². The van der Waals surface area contributed by atoms with Gasteiger partial charge in [0.25, 0.3) is 5.56 Å². The van der Waals surface area contributed by atoms with Gasteiger partial charge in [-0.1, -0.05) is 23.7 Å². The lowest BCUT2D eigenvalue weighted by molar-refractivity contribution is 0.695. The fraction of sp³-hybridized carbons (Fsp3) is 0.235. The van der Waals surface area contributed by atoms with Gasteiger partial charge in [0.1, 0.15) is 6.33 Å². The van der Waals surface area contributed by atoms with Gasteiger partial charge >= 0.3 is 5.69 Å². The lowest BCUT2D eigenvalue weighted by atomic mass is 10.2. The standard InChI is InChI=1S/C17H16ClN7O2S/c1-22-9-19-21-16(22)28-15-20-13-12(14(26)24(3)17(27)23(13)2)25(15)8-10-5-4-6-11(18)7-10/h4-7,9H,8H2,1-3H3. The molecule has 0 aliphatic heterocycles. The van der Waals surface area contributed by atoms with Gasteiger partial charge in [-0.05, 0) is 29.5 Å². The maximum atomic E-state index is 12.9. The summed E-state index contributed by atoms with van der Waals surface area (Å²) in [7, 11) is 4.87. The van der Waals surface area contributed by atoms with Crippen molar-refractivity contribution in [3.8, 4) is 0 Å². The largest absolute Gasteiger partial charge is 0.332 e. The molecule has 0 radical (unpaired) electrons. The molecule has 28 heavy (non-hydrogen) atoms. The second-order valence-electron chi connectivity index (χ2n) is 6.31. The normalized spacial score (nSPS) is 11.4. The quantitative estimate of drug-likeness (QED) is 0.498. The third-order valence-corrected chi connectivity index (χ3v) is 5.68. The summed E-state index contributed by atoms with van der Waals surface area (Å²) in [5.74, 6) is 0. The minimum absolute atomic E-state index is 0.319. The predicted molar refractivity (Wildman–Crippen MR) is 106 cm³/mol. The smallest absolute Gasteiger partial charge is 0.311 e. The second-order valence-corrected chi connectivity index (χ2v) is 7.69. The zero-order chi connectivity index (χ0) is 20.0. The van der Waals surface area contributed by atoms with Gasteiger partial charge in [0.05, 0.1) is 6.54 Å². The molecule has 4 rings (SSSR count). The van der Waals surface area contributed by atoms with Crippen LogP contribution in [0.4, 0.5) is 0 Å². The van der Waals surface area contributed by atoms with Crippen molar-refractivity contribution in [3.05, 3.63) is 62.0 Å². The van der Waals surface area contributed by atoms with E-state index in [0.29, 0.717) is 33.0 Å². The first-order valence-corrected chi connectivity index (χ1v) is 9.49. The molecule has 0 N–H and O–H groups in total. The predicted octanol–water partition coefficient (Wildman–Crippen LogP) is 1.42. The number of imidazole rings is 1. The Balaban J connectivity index is 1.98. The molecule has 0 fully saturated rings. The van der Waals surface area contributed by atoms with E-state index >= 15 is 0 Å². The lowest BCUT2D eigenvalue weighted by Crippen LogP contribution is -2.37. The van der Waals surface area contributed by atoms with Crippen LogP contribution in [0.15, 0.2) is 50.5 Å². The summed E-state index contributed by atoms with van der Waals surface area (Å²) in [6, 6.07) is 7.38. The topological polar surface area (TPSA) is 92.5 Å². The van der Waals surface area contributed by atoms with Crippen molar-refractivity contribution in [1.82, 2.24) is 33.4 Å². The molecule has 4 aromatic rings. The highest BCUT2D eigenvalue weighted by atomic mass is 35.5. The summed E-state index contributed by atoms with van der Waals surface area (Å²) >= 11 is 7.39. The Kier molecular flexibility index (Phi) is 4.60. The van der Waals surface area contributed by atoms with Crippen molar-refractivity contribution in [1.29, 1.82) is 0 Å². The number of aromatic nitrogens is 7. The Morgan fingerprint density at radius 2 is 1.89 bits per heavy atom. The zero-order valence-electron chi connectivity index (χ0n) is 15.3. The maximum Gasteiger partial charge on any atom is 0.332 e. The maximum absolute atomic E-state index is 12.9. The highest BCUT2D eigenvalue weighted by Crippen LogP contribution is 2.28. The number of hydrogen-bond donors (Lipinski definition) is 0. The molecule has 0 unspecified atom stereocenters. The minimum atomic E-state index is -0.430. The monoisotopic (exact) mass is 417 g/mol. The summed E-state index contributed by atoms with van der Waals surface area (Å²) in [5, 5.41) is 9.70. The van der Waals surface area contributed by atoms with Crippen LogP contribution in [0, 0.1) is 0 Å². The van der Waals surface area contributed by atoms with Crippen LogP contribution >= 0.6 is 23.4 Å². The Morgan fingerprint density at radius 3 is 2.57 bits per heavy atom. The average molecular weight is 418 g/mol. The van der Waals surface area contributed by atoms with Gasteiger partial charge in [0, 0.05) is 26.2 Å². The molecule has 3 heterocycles. The van der Waals surface area contributed by atoms with E-state index < -0.39 is 11.2 Å². The van der Waals surface area contributed by atoms with Crippen LogP contribution in [0.1, 0.15) is 5.56 Å². The molecule has 144 valence electrons. The molecular weight excluding hydrogens is 402 g/mol. The number of hydrogen-bond acceptors (Lipinski definition) is 6. The number of nitrogens with zero attached hydrogens (tertiary/aromatic N) is 7. The van der Waals surface area contributed by atoms with E-state index in [1.54, 1.807) is 28.6 Å².